The lowest BCUT2D eigenvalue weighted by atomic mass is 10.3. The number of hydrogen-bond donors (Lipinski definition) is 0. The normalized spacial score (nSPS) is 24.6. The van der Waals surface area contributed by atoms with E-state index >= 15 is 0 Å². The van der Waals surface area contributed by atoms with Crippen LogP contribution in [-0.4, -0.2) is 74.1 Å². The SMILES string of the molecule is CC(C)N1CCCC1.CN1CCN(C)CC1. The molecule has 0 aromatic rings. The van der Waals surface area contributed by atoms with Crippen LogP contribution in [0.5, 0.6) is 0 Å². The van der Waals surface area contributed by atoms with Gasteiger partial charge >= 0.3 is 0 Å². The highest BCUT2D eigenvalue weighted by atomic mass is 15.2. The van der Waals surface area contributed by atoms with Crippen molar-refractivity contribution in [2.45, 2.75) is 32.7 Å². The van der Waals surface area contributed by atoms with E-state index in [4.69, 9.17) is 0 Å². The first-order chi connectivity index (χ1) is 7.59. The van der Waals surface area contributed by atoms with E-state index in [2.05, 4.69) is 42.6 Å². The summed E-state index contributed by atoms with van der Waals surface area (Å²) < 4.78 is 0. The summed E-state index contributed by atoms with van der Waals surface area (Å²) in [4.78, 5) is 7.25. The van der Waals surface area contributed by atoms with Crippen molar-refractivity contribution in [1.82, 2.24) is 14.7 Å². The lowest BCUT2D eigenvalue weighted by Crippen LogP contribution is -2.42. The van der Waals surface area contributed by atoms with Gasteiger partial charge in [0.1, 0.15) is 0 Å². The highest BCUT2D eigenvalue weighted by Gasteiger charge is 2.13. The van der Waals surface area contributed by atoms with Gasteiger partial charge in [-0.1, -0.05) is 0 Å². The van der Waals surface area contributed by atoms with Crippen molar-refractivity contribution < 1.29 is 0 Å². The molecule has 2 rings (SSSR count). The molecule has 16 heavy (non-hydrogen) atoms. The second kappa shape index (κ2) is 7.25. The average molecular weight is 227 g/mol. The first-order valence-electron chi connectivity index (χ1n) is 6.70. The van der Waals surface area contributed by atoms with Gasteiger partial charge in [0.25, 0.3) is 0 Å². The molecule has 0 bridgehead atoms. The third-order valence-corrected chi connectivity index (χ3v) is 3.60. The molecule has 2 fully saturated rings. The lowest BCUT2D eigenvalue weighted by Gasteiger charge is -2.28. The zero-order chi connectivity index (χ0) is 12.0. The molecule has 0 radical (unpaired) electrons. The summed E-state index contributed by atoms with van der Waals surface area (Å²) in [6.45, 7) is 12.1. The van der Waals surface area contributed by atoms with Gasteiger partial charge in [-0.25, -0.2) is 0 Å². The molecule has 0 unspecified atom stereocenters. The standard InChI is InChI=1S/C7H15N.C6H14N2/c1-7(2)8-5-3-4-6-8;1-7-3-5-8(2)6-4-7/h7H,3-6H2,1-2H3;3-6H2,1-2H3. The van der Waals surface area contributed by atoms with Gasteiger partial charge in [-0.15, -0.1) is 0 Å². The number of likely N-dealkylation sites (N-methyl/N-ethyl adjacent to an activating group) is 2. The van der Waals surface area contributed by atoms with E-state index < -0.39 is 0 Å². The summed E-state index contributed by atoms with van der Waals surface area (Å²) in [5, 5.41) is 0. The van der Waals surface area contributed by atoms with E-state index in [1.165, 1.54) is 52.1 Å². The number of nitrogens with zero attached hydrogens (tertiary/aromatic N) is 3. The molecular formula is C13H29N3. The Morgan fingerprint density at radius 2 is 1.06 bits per heavy atom. The molecule has 2 heterocycles. The maximum atomic E-state index is 2.53. The molecule has 2 saturated heterocycles. The van der Waals surface area contributed by atoms with Crippen LogP contribution in [0, 0.1) is 0 Å². The van der Waals surface area contributed by atoms with Crippen molar-refractivity contribution in [1.29, 1.82) is 0 Å². The van der Waals surface area contributed by atoms with E-state index in [9.17, 15) is 0 Å². The largest absolute Gasteiger partial charge is 0.304 e. The highest BCUT2D eigenvalue weighted by molar-refractivity contribution is 4.68. The van der Waals surface area contributed by atoms with Gasteiger partial charge in [0, 0.05) is 32.2 Å². The molecule has 96 valence electrons. The molecule has 0 aromatic heterocycles. The Hall–Kier alpha value is -0.120. The Kier molecular flexibility index (Phi) is 6.32. The Morgan fingerprint density at radius 1 is 0.688 bits per heavy atom. The molecule has 3 nitrogen and oxygen atoms in total. The fourth-order valence-corrected chi connectivity index (χ4v) is 2.16. The van der Waals surface area contributed by atoms with Crippen LogP contribution < -0.4 is 0 Å². The van der Waals surface area contributed by atoms with Crippen LogP contribution in [0.4, 0.5) is 0 Å². The van der Waals surface area contributed by atoms with Crippen molar-refractivity contribution in [2.75, 3.05) is 53.4 Å². The zero-order valence-corrected chi connectivity index (χ0v) is 11.6. The molecule has 0 aliphatic carbocycles. The van der Waals surface area contributed by atoms with E-state index in [0.717, 1.165) is 6.04 Å². The zero-order valence-electron chi connectivity index (χ0n) is 11.6. The third-order valence-electron chi connectivity index (χ3n) is 3.60. The van der Waals surface area contributed by atoms with Crippen molar-refractivity contribution in [3.05, 3.63) is 0 Å². The number of rotatable bonds is 1. The minimum Gasteiger partial charge on any atom is -0.304 e. The first kappa shape index (κ1) is 13.9. The second-order valence-corrected chi connectivity index (χ2v) is 5.44. The Morgan fingerprint density at radius 3 is 1.31 bits per heavy atom. The van der Waals surface area contributed by atoms with Crippen LogP contribution >= 0.6 is 0 Å². The minimum atomic E-state index is 0.775. The number of piperazine rings is 1. The van der Waals surface area contributed by atoms with Crippen LogP contribution in [0.2, 0.25) is 0 Å². The molecule has 0 amide bonds. The molecule has 3 heteroatoms. The predicted molar refractivity (Wildman–Crippen MR) is 70.9 cm³/mol. The first-order valence-corrected chi connectivity index (χ1v) is 6.70. The van der Waals surface area contributed by atoms with E-state index in [0.29, 0.717) is 0 Å². The Bertz CT molecular complexity index is 158. The molecular weight excluding hydrogens is 198 g/mol. The Labute approximate surface area is 101 Å². The van der Waals surface area contributed by atoms with Gasteiger partial charge in [0.2, 0.25) is 0 Å². The molecule has 2 aliphatic rings. The molecule has 0 saturated carbocycles. The predicted octanol–water partition coefficient (Wildman–Crippen LogP) is 1.35. The van der Waals surface area contributed by atoms with Gasteiger partial charge in [-0.2, -0.15) is 0 Å². The summed E-state index contributed by atoms with van der Waals surface area (Å²) in [5.74, 6) is 0. The summed E-state index contributed by atoms with van der Waals surface area (Å²) >= 11 is 0. The van der Waals surface area contributed by atoms with Crippen LogP contribution in [-0.2, 0) is 0 Å². The molecule has 0 aromatic carbocycles. The number of likely N-dealkylation sites (tertiary alicyclic amines) is 1. The van der Waals surface area contributed by atoms with Crippen molar-refractivity contribution in [2.24, 2.45) is 0 Å². The van der Waals surface area contributed by atoms with Gasteiger partial charge in [-0.05, 0) is 53.9 Å². The van der Waals surface area contributed by atoms with Gasteiger partial charge < -0.3 is 14.7 Å². The van der Waals surface area contributed by atoms with Gasteiger partial charge in [0.05, 0.1) is 0 Å². The monoisotopic (exact) mass is 227 g/mol. The van der Waals surface area contributed by atoms with Crippen molar-refractivity contribution >= 4 is 0 Å². The van der Waals surface area contributed by atoms with Gasteiger partial charge in [0.15, 0.2) is 0 Å². The van der Waals surface area contributed by atoms with E-state index in [1.54, 1.807) is 0 Å². The summed E-state index contributed by atoms with van der Waals surface area (Å²) in [7, 11) is 4.35. The molecule has 0 spiro atoms. The van der Waals surface area contributed by atoms with Crippen molar-refractivity contribution in [3.63, 3.8) is 0 Å². The maximum Gasteiger partial charge on any atom is 0.0107 e. The van der Waals surface area contributed by atoms with Crippen LogP contribution in [0.1, 0.15) is 26.7 Å². The van der Waals surface area contributed by atoms with E-state index in [-0.39, 0.29) is 0 Å². The maximum absolute atomic E-state index is 2.53. The molecule has 0 atom stereocenters. The fourth-order valence-electron chi connectivity index (χ4n) is 2.16. The van der Waals surface area contributed by atoms with Crippen LogP contribution in [0.25, 0.3) is 0 Å². The Balaban J connectivity index is 0.000000160. The lowest BCUT2D eigenvalue weighted by molar-refractivity contribution is 0.181. The van der Waals surface area contributed by atoms with E-state index in [1.807, 2.05) is 0 Å². The van der Waals surface area contributed by atoms with Crippen molar-refractivity contribution in [3.8, 4) is 0 Å². The molecule has 0 N–H and O–H groups in total. The second-order valence-electron chi connectivity index (χ2n) is 5.44. The summed E-state index contributed by atoms with van der Waals surface area (Å²) in [5.41, 5.74) is 0. The summed E-state index contributed by atoms with van der Waals surface area (Å²) in [6, 6.07) is 0.775. The van der Waals surface area contributed by atoms with Crippen LogP contribution in [0.3, 0.4) is 0 Å². The summed E-state index contributed by atoms with van der Waals surface area (Å²) in [6.07, 6.45) is 2.83. The average Bonchev–Trinajstić information content (AvgIpc) is 2.77. The fraction of sp³-hybridized carbons (Fsp3) is 1.00. The van der Waals surface area contributed by atoms with Gasteiger partial charge in [-0.3, -0.25) is 0 Å². The topological polar surface area (TPSA) is 9.72 Å². The third kappa shape index (κ3) is 5.28. The smallest absolute Gasteiger partial charge is 0.0107 e. The van der Waals surface area contributed by atoms with Crippen LogP contribution in [0.15, 0.2) is 0 Å². The highest BCUT2D eigenvalue weighted by Crippen LogP contribution is 2.09. The number of hydrogen-bond acceptors (Lipinski definition) is 3. The minimum absolute atomic E-state index is 0.775. The molecule has 2 aliphatic heterocycles. The quantitative estimate of drug-likeness (QED) is 0.669.